The first kappa shape index (κ1) is 8.02. The highest BCUT2D eigenvalue weighted by molar-refractivity contribution is 4.77. The molecular formula is C8H17N2. The predicted molar refractivity (Wildman–Crippen MR) is 43.6 cm³/mol. The fourth-order valence-corrected chi connectivity index (χ4v) is 1.24. The third-order valence-corrected chi connectivity index (χ3v) is 1.67. The molecule has 10 heavy (non-hydrogen) atoms. The Balaban J connectivity index is 2.13. The Morgan fingerprint density at radius 3 is 2.90 bits per heavy atom. The molecule has 0 aromatic rings. The van der Waals surface area contributed by atoms with Gasteiger partial charge in [0.2, 0.25) is 0 Å². The molecule has 1 saturated heterocycles. The van der Waals surface area contributed by atoms with Crippen molar-refractivity contribution >= 4 is 0 Å². The number of hydrogen-bond donors (Lipinski definition) is 1. The van der Waals surface area contributed by atoms with Crippen LogP contribution in [0.3, 0.4) is 0 Å². The van der Waals surface area contributed by atoms with Gasteiger partial charge in [0.25, 0.3) is 0 Å². The van der Waals surface area contributed by atoms with E-state index in [-0.39, 0.29) is 0 Å². The summed E-state index contributed by atoms with van der Waals surface area (Å²) in [5, 5.41) is 3.29. The number of piperazine rings is 1. The van der Waals surface area contributed by atoms with E-state index in [1.165, 1.54) is 13.1 Å². The first-order valence-corrected chi connectivity index (χ1v) is 4.07. The van der Waals surface area contributed by atoms with E-state index in [4.69, 9.17) is 0 Å². The molecule has 0 saturated carbocycles. The topological polar surface area (TPSA) is 15.3 Å². The van der Waals surface area contributed by atoms with Crippen LogP contribution < -0.4 is 5.32 Å². The normalized spacial score (nSPS) is 21.9. The van der Waals surface area contributed by atoms with Crippen LogP contribution in [0.4, 0.5) is 0 Å². The first-order valence-electron chi connectivity index (χ1n) is 4.07. The van der Waals surface area contributed by atoms with Crippen LogP contribution in [0.1, 0.15) is 13.8 Å². The van der Waals surface area contributed by atoms with Crippen LogP contribution in [-0.4, -0.2) is 31.1 Å². The highest BCUT2D eigenvalue weighted by Gasteiger charge is 2.09. The molecule has 1 rings (SSSR count). The van der Waals surface area contributed by atoms with Crippen LogP contribution in [0, 0.1) is 12.5 Å². The van der Waals surface area contributed by atoms with Gasteiger partial charge in [-0.1, -0.05) is 13.8 Å². The molecule has 2 heteroatoms. The number of rotatable bonds is 2. The van der Waals surface area contributed by atoms with E-state index >= 15 is 0 Å². The van der Waals surface area contributed by atoms with Gasteiger partial charge in [-0.15, -0.1) is 0 Å². The van der Waals surface area contributed by atoms with E-state index in [0.717, 1.165) is 19.0 Å². The van der Waals surface area contributed by atoms with Crippen LogP contribution in [0.25, 0.3) is 0 Å². The number of nitrogens with zero attached hydrogens (tertiary/aromatic N) is 1. The largest absolute Gasteiger partial charge is 0.314 e. The Morgan fingerprint density at radius 2 is 2.40 bits per heavy atom. The Labute approximate surface area is 63.6 Å². The van der Waals surface area contributed by atoms with Crippen molar-refractivity contribution in [3.05, 3.63) is 6.54 Å². The summed E-state index contributed by atoms with van der Waals surface area (Å²) in [7, 11) is 0. The third-order valence-electron chi connectivity index (χ3n) is 1.67. The molecule has 0 bridgehead atoms. The van der Waals surface area contributed by atoms with Crippen molar-refractivity contribution in [2.75, 3.05) is 26.2 Å². The van der Waals surface area contributed by atoms with E-state index < -0.39 is 0 Å². The Bertz CT molecular complexity index is 85.3. The van der Waals surface area contributed by atoms with Crippen LogP contribution in [0.15, 0.2) is 0 Å². The average molecular weight is 141 g/mol. The van der Waals surface area contributed by atoms with Gasteiger partial charge in [0.15, 0.2) is 0 Å². The quantitative estimate of drug-likeness (QED) is 0.609. The summed E-state index contributed by atoms with van der Waals surface area (Å²) in [5.74, 6) is 0.786. The number of nitrogens with one attached hydrogen (secondary N) is 1. The summed E-state index contributed by atoms with van der Waals surface area (Å²) in [4.78, 5) is 2.40. The lowest BCUT2D eigenvalue weighted by Gasteiger charge is -2.27. The van der Waals surface area contributed by atoms with Crippen molar-refractivity contribution < 1.29 is 0 Å². The molecule has 0 amide bonds. The molecular weight excluding hydrogens is 124 g/mol. The van der Waals surface area contributed by atoms with Gasteiger partial charge >= 0.3 is 0 Å². The number of hydrogen-bond acceptors (Lipinski definition) is 2. The van der Waals surface area contributed by atoms with E-state index in [2.05, 4.69) is 30.6 Å². The molecule has 0 aromatic carbocycles. The minimum atomic E-state index is 0.786. The second kappa shape index (κ2) is 3.94. The molecule has 1 N–H and O–H groups in total. The molecule has 1 fully saturated rings. The van der Waals surface area contributed by atoms with E-state index in [9.17, 15) is 0 Å². The van der Waals surface area contributed by atoms with Crippen molar-refractivity contribution in [1.29, 1.82) is 0 Å². The van der Waals surface area contributed by atoms with Gasteiger partial charge in [-0.2, -0.15) is 0 Å². The van der Waals surface area contributed by atoms with Gasteiger partial charge in [0.1, 0.15) is 0 Å². The standard InChI is InChI=1S/C8H17N2/c1-8(2)7-10-5-3-9-4-6-10/h5,8-9H,3-4,6-7H2,1-2H3. The predicted octanol–water partition coefficient (Wildman–Crippen LogP) is 0.709. The molecule has 0 aliphatic carbocycles. The lowest BCUT2D eigenvalue weighted by molar-refractivity contribution is 0.263. The maximum absolute atomic E-state index is 3.29. The molecule has 1 aliphatic heterocycles. The van der Waals surface area contributed by atoms with Crippen LogP contribution in [-0.2, 0) is 0 Å². The summed E-state index contributed by atoms with van der Waals surface area (Å²) in [6.45, 7) is 11.4. The summed E-state index contributed by atoms with van der Waals surface area (Å²) in [6, 6.07) is 0. The second-order valence-corrected chi connectivity index (χ2v) is 3.28. The van der Waals surface area contributed by atoms with E-state index in [0.29, 0.717) is 0 Å². The maximum Gasteiger partial charge on any atom is 0.0389 e. The van der Waals surface area contributed by atoms with E-state index in [1.54, 1.807) is 0 Å². The molecule has 59 valence electrons. The molecule has 0 atom stereocenters. The van der Waals surface area contributed by atoms with Crippen LogP contribution >= 0.6 is 0 Å². The molecule has 0 spiro atoms. The monoisotopic (exact) mass is 141 g/mol. The SMILES string of the molecule is CC(C)CN1[CH]CNCC1. The fraction of sp³-hybridized carbons (Fsp3) is 0.875. The minimum Gasteiger partial charge on any atom is -0.314 e. The lowest BCUT2D eigenvalue weighted by atomic mass is 10.2. The van der Waals surface area contributed by atoms with Gasteiger partial charge < -0.3 is 5.32 Å². The average Bonchev–Trinajstić information content (AvgIpc) is 1.88. The molecule has 1 radical (unpaired) electrons. The lowest BCUT2D eigenvalue weighted by Crippen LogP contribution is -2.41. The fourth-order valence-electron chi connectivity index (χ4n) is 1.24. The molecule has 0 unspecified atom stereocenters. The van der Waals surface area contributed by atoms with Gasteiger partial charge in [-0.25, -0.2) is 0 Å². The summed E-state index contributed by atoms with van der Waals surface area (Å²) >= 11 is 0. The first-order chi connectivity index (χ1) is 4.79. The van der Waals surface area contributed by atoms with Crippen molar-refractivity contribution in [1.82, 2.24) is 10.2 Å². The van der Waals surface area contributed by atoms with Crippen molar-refractivity contribution in [2.45, 2.75) is 13.8 Å². The van der Waals surface area contributed by atoms with Gasteiger partial charge in [0.05, 0.1) is 0 Å². The maximum atomic E-state index is 3.29. The zero-order valence-electron chi connectivity index (χ0n) is 6.93. The van der Waals surface area contributed by atoms with E-state index in [1.807, 2.05) is 0 Å². The van der Waals surface area contributed by atoms with Crippen molar-refractivity contribution in [2.24, 2.45) is 5.92 Å². The smallest absolute Gasteiger partial charge is 0.0389 e. The summed E-state index contributed by atoms with van der Waals surface area (Å²) in [5.41, 5.74) is 0. The summed E-state index contributed by atoms with van der Waals surface area (Å²) < 4.78 is 0. The van der Waals surface area contributed by atoms with Gasteiger partial charge in [0, 0.05) is 32.7 Å². The highest BCUT2D eigenvalue weighted by Crippen LogP contribution is 2.01. The molecule has 2 nitrogen and oxygen atoms in total. The van der Waals surface area contributed by atoms with Gasteiger partial charge in [-0.05, 0) is 5.92 Å². The Hall–Kier alpha value is -0.0800. The zero-order chi connectivity index (χ0) is 7.40. The molecule has 0 aromatic heterocycles. The molecule has 1 aliphatic rings. The van der Waals surface area contributed by atoms with Crippen LogP contribution in [0.5, 0.6) is 0 Å². The Kier molecular flexibility index (Phi) is 3.16. The second-order valence-electron chi connectivity index (χ2n) is 3.28. The minimum absolute atomic E-state index is 0.786. The van der Waals surface area contributed by atoms with Crippen molar-refractivity contribution in [3.63, 3.8) is 0 Å². The van der Waals surface area contributed by atoms with Crippen molar-refractivity contribution in [3.8, 4) is 0 Å². The van der Waals surface area contributed by atoms with Crippen LogP contribution in [0.2, 0.25) is 0 Å². The highest BCUT2D eigenvalue weighted by atomic mass is 15.2. The summed E-state index contributed by atoms with van der Waals surface area (Å²) in [6.07, 6.45) is 0. The zero-order valence-corrected chi connectivity index (χ0v) is 6.93. The Morgan fingerprint density at radius 1 is 1.60 bits per heavy atom. The third kappa shape index (κ3) is 2.67. The van der Waals surface area contributed by atoms with Gasteiger partial charge in [-0.3, -0.25) is 4.90 Å². The molecule has 1 heterocycles.